The Labute approximate surface area is 120 Å². The quantitative estimate of drug-likeness (QED) is 0.881. The number of anilines is 1. The van der Waals surface area contributed by atoms with Crippen LogP contribution in [0.4, 0.5) is 5.69 Å². The second kappa shape index (κ2) is 6.37. The molecule has 4 heteroatoms. The lowest BCUT2D eigenvalue weighted by Crippen LogP contribution is -2.35. The first-order chi connectivity index (χ1) is 9.81. The van der Waals surface area contributed by atoms with Crippen molar-refractivity contribution in [3.63, 3.8) is 0 Å². The highest BCUT2D eigenvalue weighted by atomic mass is 16.2. The molecule has 2 heterocycles. The number of carbonyl (C=O) groups is 1. The van der Waals surface area contributed by atoms with Gasteiger partial charge >= 0.3 is 0 Å². The second-order valence-electron chi connectivity index (χ2n) is 5.82. The highest BCUT2D eigenvalue weighted by Crippen LogP contribution is 2.17. The summed E-state index contributed by atoms with van der Waals surface area (Å²) in [5, 5.41) is 6.26. The van der Waals surface area contributed by atoms with Crippen LogP contribution >= 0.6 is 0 Å². The van der Waals surface area contributed by atoms with E-state index in [2.05, 4.69) is 27.7 Å². The van der Waals surface area contributed by atoms with Crippen molar-refractivity contribution in [1.29, 1.82) is 0 Å². The maximum atomic E-state index is 12.1. The number of hydrogen-bond donors (Lipinski definition) is 2. The molecule has 2 fully saturated rings. The van der Waals surface area contributed by atoms with Crippen molar-refractivity contribution in [2.24, 2.45) is 0 Å². The zero-order chi connectivity index (χ0) is 13.8. The van der Waals surface area contributed by atoms with Crippen LogP contribution in [0.15, 0.2) is 24.3 Å². The average molecular weight is 273 g/mol. The van der Waals surface area contributed by atoms with Crippen molar-refractivity contribution in [3.8, 4) is 0 Å². The molecule has 2 aliphatic rings. The van der Waals surface area contributed by atoms with Gasteiger partial charge in [-0.15, -0.1) is 0 Å². The fourth-order valence-corrected chi connectivity index (χ4v) is 3.08. The van der Waals surface area contributed by atoms with Gasteiger partial charge in [0.2, 0.25) is 5.91 Å². The monoisotopic (exact) mass is 273 g/mol. The smallest absolute Gasteiger partial charge is 0.241 e. The molecule has 1 amide bonds. The Kier molecular flexibility index (Phi) is 4.33. The third kappa shape index (κ3) is 3.38. The Morgan fingerprint density at radius 1 is 1.30 bits per heavy atom. The van der Waals surface area contributed by atoms with E-state index in [1.54, 1.807) is 0 Å². The Balaban J connectivity index is 1.59. The van der Waals surface area contributed by atoms with Crippen molar-refractivity contribution in [3.05, 3.63) is 29.8 Å². The summed E-state index contributed by atoms with van der Waals surface area (Å²) in [6, 6.07) is 8.23. The number of nitrogens with zero attached hydrogens (tertiary/aromatic N) is 1. The summed E-state index contributed by atoms with van der Waals surface area (Å²) in [4.78, 5) is 14.6. The van der Waals surface area contributed by atoms with Gasteiger partial charge in [0.1, 0.15) is 0 Å². The molecule has 20 heavy (non-hydrogen) atoms. The van der Waals surface area contributed by atoms with Gasteiger partial charge in [0.15, 0.2) is 0 Å². The number of benzene rings is 1. The first-order valence-corrected chi connectivity index (χ1v) is 7.67. The molecular weight excluding hydrogens is 250 g/mol. The van der Waals surface area contributed by atoms with E-state index in [0.717, 1.165) is 31.6 Å². The van der Waals surface area contributed by atoms with Gasteiger partial charge in [0, 0.05) is 12.2 Å². The number of likely N-dealkylation sites (tertiary alicyclic amines) is 1. The molecule has 0 spiro atoms. The van der Waals surface area contributed by atoms with Gasteiger partial charge < -0.3 is 10.6 Å². The highest BCUT2D eigenvalue weighted by Gasteiger charge is 2.21. The standard InChI is InChI=1S/C16H23N3O/c20-16(15-7-4-8-17-15)18-14-6-3-5-13(11-14)12-19-9-1-2-10-19/h3,5-6,11,15,17H,1-2,4,7-10,12H2,(H,18,20). The van der Waals surface area contributed by atoms with Crippen molar-refractivity contribution < 1.29 is 4.79 Å². The van der Waals surface area contributed by atoms with E-state index in [4.69, 9.17) is 0 Å². The lowest BCUT2D eigenvalue weighted by Gasteiger charge is -2.16. The maximum absolute atomic E-state index is 12.1. The molecule has 1 atom stereocenters. The van der Waals surface area contributed by atoms with Gasteiger partial charge in [0.05, 0.1) is 6.04 Å². The van der Waals surface area contributed by atoms with Gasteiger partial charge in [0.25, 0.3) is 0 Å². The van der Waals surface area contributed by atoms with Gasteiger partial charge in [-0.1, -0.05) is 12.1 Å². The number of amides is 1. The van der Waals surface area contributed by atoms with Crippen LogP contribution in [0.2, 0.25) is 0 Å². The van der Waals surface area contributed by atoms with Crippen LogP contribution in [0.1, 0.15) is 31.2 Å². The molecule has 0 saturated carbocycles. The van der Waals surface area contributed by atoms with Crippen molar-refractivity contribution in [1.82, 2.24) is 10.2 Å². The van der Waals surface area contributed by atoms with Gasteiger partial charge in [-0.3, -0.25) is 9.69 Å². The molecule has 0 bridgehead atoms. The molecule has 2 aliphatic heterocycles. The number of nitrogens with one attached hydrogen (secondary N) is 2. The Morgan fingerprint density at radius 3 is 2.90 bits per heavy atom. The van der Waals surface area contributed by atoms with Gasteiger partial charge in [-0.25, -0.2) is 0 Å². The number of carbonyl (C=O) groups excluding carboxylic acids is 1. The van der Waals surface area contributed by atoms with E-state index in [-0.39, 0.29) is 11.9 Å². The topological polar surface area (TPSA) is 44.4 Å². The van der Waals surface area contributed by atoms with E-state index >= 15 is 0 Å². The normalized spacial score (nSPS) is 23.1. The van der Waals surface area contributed by atoms with Crippen LogP contribution in [0.25, 0.3) is 0 Å². The summed E-state index contributed by atoms with van der Waals surface area (Å²) in [5.41, 5.74) is 2.20. The predicted molar refractivity (Wildman–Crippen MR) is 80.6 cm³/mol. The Morgan fingerprint density at radius 2 is 2.15 bits per heavy atom. The summed E-state index contributed by atoms with van der Waals surface area (Å²) in [5.74, 6) is 0.0980. The van der Waals surface area contributed by atoms with Crippen LogP contribution in [-0.4, -0.2) is 36.5 Å². The molecule has 4 nitrogen and oxygen atoms in total. The largest absolute Gasteiger partial charge is 0.325 e. The van der Waals surface area contributed by atoms with E-state index < -0.39 is 0 Å². The van der Waals surface area contributed by atoms with Gasteiger partial charge in [-0.2, -0.15) is 0 Å². The highest BCUT2D eigenvalue weighted by molar-refractivity contribution is 5.95. The molecule has 1 aromatic rings. The average Bonchev–Trinajstić information content (AvgIpc) is 3.12. The third-order valence-corrected chi connectivity index (χ3v) is 4.18. The molecular formula is C16H23N3O. The molecule has 108 valence electrons. The molecule has 0 radical (unpaired) electrons. The molecule has 1 unspecified atom stereocenters. The van der Waals surface area contributed by atoms with Crippen LogP contribution in [0.3, 0.4) is 0 Å². The van der Waals surface area contributed by atoms with Crippen LogP contribution in [0, 0.1) is 0 Å². The van der Waals surface area contributed by atoms with E-state index in [0.29, 0.717) is 0 Å². The molecule has 1 aromatic carbocycles. The first kappa shape index (κ1) is 13.6. The maximum Gasteiger partial charge on any atom is 0.241 e. The van der Waals surface area contributed by atoms with E-state index in [1.165, 1.54) is 31.5 Å². The van der Waals surface area contributed by atoms with E-state index in [1.807, 2.05) is 12.1 Å². The van der Waals surface area contributed by atoms with E-state index in [9.17, 15) is 4.79 Å². The summed E-state index contributed by atoms with van der Waals surface area (Å²) in [6.07, 6.45) is 4.65. The summed E-state index contributed by atoms with van der Waals surface area (Å²) in [6.45, 7) is 4.34. The first-order valence-electron chi connectivity index (χ1n) is 7.67. The minimum Gasteiger partial charge on any atom is -0.325 e. The molecule has 2 N–H and O–H groups in total. The predicted octanol–water partition coefficient (Wildman–Crippen LogP) is 1.97. The zero-order valence-corrected chi connectivity index (χ0v) is 11.9. The van der Waals surface area contributed by atoms with Crippen LogP contribution in [-0.2, 0) is 11.3 Å². The summed E-state index contributed by atoms with van der Waals surface area (Å²) < 4.78 is 0. The molecule has 0 aliphatic carbocycles. The van der Waals surface area contributed by atoms with Crippen molar-refractivity contribution >= 4 is 11.6 Å². The van der Waals surface area contributed by atoms with Crippen LogP contribution in [0.5, 0.6) is 0 Å². The second-order valence-corrected chi connectivity index (χ2v) is 5.82. The molecule has 3 rings (SSSR count). The van der Waals surface area contributed by atoms with Crippen molar-refractivity contribution in [2.75, 3.05) is 25.0 Å². The van der Waals surface area contributed by atoms with Gasteiger partial charge in [-0.05, 0) is 63.0 Å². The third-order valence-electron chi connectivity index (χ3n) is 4.18. The fraction of sp³-hybridized carbons (Fsp3) is 0.562. The molecule has 2 saturated heterocycles. The minimum absolute atomic E-state index is 0.0164. The SMILES string of the molecule is O=C(Nc1cccc(CN2CCCC2)c1)C1CCCN1. The number of rotatable bonds is 4. The van der Waals surface area contributed by atoms with Crippen LogP contribution < -0.4 is 10.6 Å². The summed E-state index contributed by atoms with van der Waals surface area (Å²) >= 11 is 0. The lowest BCUT2D eigenvalue weighted by atomic mass is 10.1. The van der Waals surface area contributed by atoms with Crippen molar-refractivity contribution in [2.45, 2.75) is 38.3 Å². The zero-order valence-electron chi connectivity index (χ0n) is 11.9. The fourth-order valence-electron chi connectivity index (χ4n) is 3.08. The minimum atomic E-state index is -0.0164. The molecule has 0 aromatic heterocycles. The lowest BCUT2D eigenvalue weighted by molar-refractivity contribution is -0.117. The number of hydrogen-bond acceptors (Lipinski definition) is 3. The Bertz CT molecular complexity index is 463. The Hall–Kier alpha value is -1.39. The summed E-state index contributed by atoms with van der Waals surface area (Å²) in [7, 11) is 0.